The van der Waals surface area contributed by atoms with Crippen LogP contribution in [0.15, 0.2) is 18.2 Å². The van der Waals surface area contributed by atoms with E-state index in [4.69, 9.17) is 5.11 Å². The third-order valence-corrected chi connectivity index (χ3v) is 2.88. The molecule has 0 saturated heterocycles. The molecular formula is C14H19F2NO2. The summed E-state index contributed by atoms with van der Waals surface area (Å²) in [5, 5.41) is 8.71. The van der Waals surface area contributed by atoms with Gasteiger partial charge in [-0.3, -0.25) is 4.79 Å². The number of benzene rings is 1. The van der Waals surface area contributed by atoms with Crippen molar-refractivity contribution in [1.82, 2.24) is 0 Å². The number of hydrogen-bond acceptors (Lipinski definition) is 2. The Kier molecular flexibility index (Phi) is 6.25. The van der Waals surface area contributed by atoms with Gasteiger partial charge in [0.2, 0.25) is 0 Å². The number of nitrogens with zero attached hydrogens (tertiary/aromatic N) is 1. The zero-order valence-corrected chi connectivity index (χ0v) is 11.0. The summed E-state index contributed by atoms with van der Waals surface area (Å²) in [5.41, 5.74) is 0.136. The van der Waals surface area contributed by atoms with Gasteiger partial charge < -0.3 is 10.0 Å². The molecule has 1 aromatic carbocycles. The van der Waals surface area contributed by atoms with Gasteiger partial charge >= 0.3 is 5.97 Å². The Morgan fingerprint density at radius 1 is 1.26 bits per heavy atom. The molecule has 0 unspecified atom stereocenters. The fourth-order valence-electron chi connectivity index (χ4n) is 1.86. The Hall–Kier alpha value is -1.65. The van der Waals surface area contributed by atoms with Crippen LogP contribution in [-0.4, -0.2) is 24.2 Å². The van der Waals surface area contributed by atoms with Crippen molar-refractivity contribution in [3.8, 4) is 0 Å². The van der Waals surface area contributed by atoms with Gasteiger partial charge in [-0.1, -0.05) is 19.8 Å². The molecule has 0 fully saturated rings. The molecule has 19 heavy (non-hydrogen) atoms. The number of aliphatic carboxylic acids is 1. The second kappa shape index (κ2) is 7.71. The minimum absolute atomic E-state index is 0.0952. The van der Waals surface area contributed by atoms with E-state index in [-0.39, 0.29) is 18.7 Å². The van der Waals surface area contributed by atoms with Crippen LogP contribution in [0.5, 0.6) is 0 Å². The lowest BCUT2D eigenvalue weighted by molar-refractivity contribution is -0.136. The second-order valence-corrected chi connectivity index (χ2v) is 4.43. The smallest absolute Gasteiger partial charge is 0.305 e. The Morgan fingerprint density at radius 2 is 2.00 bits per heavy atom. The molecule has 1 rings (SSSR count). The number of hydrogen-bond donors (Lipinski definition) is 1. The van der Waals surface area contributed by atoms with Gasteiger partial charge in [0.25, 0.3) is 0 Å². The van der Waals surface area contributed by atoms with Crippen molar-refractivity contribution in [3.63, 3.8) is 0 Å². The first-order valence-corrected chi connectivity index (χ1v) is 6.46. The van der Waals surface area contributed by atoms with Crippen LogP contribution >= 0.6 is 0 Å². The molecule has 0 aliphatic rings. The van der Waals surface area contributed by atoms with E-state index in [1.54, 1.807) is 4.90 Å². The topological polar surface area (TPSA) is 40.5 Å². The first kappa shape index (κ1) is 15.4. The molecule has 0 amide bonds. The van der Waals surface area contributed by atoms with Crippen molar-refractivity contribution in [2.24, 2.45) is 0 Å². The molecule has 0 spiro atoms. The third kappa shape index (κ3) is 5.24. The van der Waals surface area contributed by atoms with Crippen LogP contribution in [0.25, 0.3) is 0 Å². The molecule has 3 nitrogen and oxygen atoms in total. The Bertz CT molecular complexity index is 424. The highest BCUT2D eigenvalue weighted by Gasteiger charge is 2.13. The molecule has 0 aliphatic carbocycles. The van der Waals surface area contributed by atoms with Crippen molar-refractivity contribution in [2.45, 2.75) is 32.6 Å². The van der Waals surface area contributed by atoms with Crippen molar-refractivity contribution in [2.75, 3.05) is 18.0 Å². The summed E-state index contributed by atoms with van der Waals surface area (Å²) < 4.78 is 26.9. The molecule has 1 N–H and O–H groups in total. The van der Waals surface area contributed by atoms with Gasteiger partial charge in [0, 0.05) is 19.2 Å². The van der Waals surface area contributed by atoms with Crippen LogP contribution in [0.3, 0.4) is 0 Å². The fourth-order valence-corrected chi connectivity index (χ4v) is 1.86. The number of carbonyl (C=O) groups is 1. The van der Waals surface area contributed by atoms with E-state index >= 15 is 0 Å². The van der Waals surface area contributed by atoms with Crippen molar-refractivity contribution < 1.29 is 18.7 Å². The summed E-state index contributed by atoms with van der Waals surface area (Å²) in [6, 6.07) is 3.24. The van der Waals surface area contributed by atoms with Gasteiger partial charge in [-0.05, 0) is 18.6 Å². The van der Waals surface area contributed by atoms with E-state index in [9.17, 15) is 13.6 Å². The Balaban J connectivity index is 2.80. The van der Waals surface area contributed by atoms with Gasteiger partial charge in [-0.15, -0.1) is 0 Å². The summed E-state index contributed by atoms with van der Waals surface area (Å²) in [6.07, 6.45) is 2.72. The van der Waals surface area contributed by atoms with E-state index < -0.39 is 17.6 Å². The van der Waals surface area contributed by atoms with E-state index in [0.717, 1.165) is 37.5 Å². The van der Waals surface area contributed by atoms with Crippen molar-refractivity contribution >= 4 is 11.7 Å². The maximum Gasteiger partial charge on any atom is 0.305 e. The maximum absolute atomic E-state index is 13.7. The van der Waals surface area contributed by atoms with Crippen LogP contribution < -0.4 is 4.90 Å². The molecule has 1 aromatic rings. The molecule has 0 heterocycles. The summed E-state index contributed by atoms with van der Waals surface area (Å²) in [6.45, 7) is 2.76. The van der Waals surface area contributed by atoms with E-state index in [1.807, 2.05) is 6.92 Å². The highest BCUT2D eigenvalue weighted by molar-refractivity contribution is 5.67. The lowest BCUT2D eigenvalue weighted by atomic mass is 10.2. The van der Waals surface area contributed by atoms with Gasteiger partial charge in [-0.25, -0.2) is 8.78 Å². The van der Waals surface area contributed by atoms with Gasteiger partial charge in [0.15, 0.2) is 0 Å². The lowest BCUT2D eigenvalue weighted by Gasteiger charge is -2.24. The summed E-state index contributed by atoms with van der Waals surface area (Å²) in [5.74, 6) is -1.99. The largest absolute Gasteiger partial charge is 0.481 e. The average molecular weight is 271 g/mol. The maximum atomic E-state index is 13.7. The van der Waals surface area contributed by atoms with E-state index in [0.29, 0.717) is 6.54 Å². The molecule has 0 aliphatic heterocycles. The van der Waals surface area contributed by atoms with E-state index in [1.165, 1.54) is 0 Å². The molecule has 0 radical (unpaired) electrons. The number of rotatable bonds is 8. The molecule has 0 aromatic heterocycles. The second-order valence-electron chi connectivity index (χ2n) is 4.43. The summed E-state index contributed by atoms with van der Waals surface area (Å²) >= 11 is 0. The fraction of sp³-hybridized carbons (Fsp3) is 0.500. The minimum atomic E-state index is -0.947. The molecule has 106 valence electrons. The lowest BCUT2D eigenvalue weighted by Crippen LogP contribution is -2.28. The van der Waals surface area contributed by atoms with E-state index in [2.05, 4.69) is 0 Å². The quantitative estimate of drug-likeness (QED) is 0.736. The van der Waals surface area contributed by atoms with Gasteiger partial charge in [0.1, 0.15) is 11.6 Å². The monoisotopic (exact) mass is 271 g/mol. The normalized spacial score (nSPS) is 10.5. The predicted octanol–water partition coefficient (Wildman–Crippen LogP) is 3.44. The van der Waals surface area contributed by atoms with Crippen LogP contribution in [0.2, 0.25) is 0 Å². The number of unbranched alkanes of at least 4 members (excludes halogenated alkanes) is 2. The molecular weight excluding hydrogens is 252 g/mol. The number of halogens is 2. The number of carboxylic acid groups (broad SMARTS) is 1. The van der Waals surface area contributed by atoms with Crippen LogP contribution in [0, 0.1) is 11.6 Å². The van der Waals surface area contributed by atoms with Crippen molar-refractivity contribution in [3.05, 3.63) is 29.8 Å². The highest BCUT2D eigenvalue weighted by Crippen LogP contribution is 2.21. The zero-order valence-electron chi connectivity index (χ0n) is 11.0. The van der Waals surface area contributed by atoms with Gasteiger partial charge in [0.05, 0.1) is 12.1 Å². The SMILES string of the molecule is CCCCCN(CCC(=O)O)c1cc(F)ccc1F. The Labute approximate surface area is 111 Å². The third-order valence-electron chi connectivity index (χ3n) is 2.88. The van der Waals surface area contributed by atoms with Gasteiger partial charge in [-0.2, -0.15) is 0 Å². The summed E-state index contributed by atoms with van der Waals surface area (Å²) in [4.78, 5) is 12.2. The Morgan fingerprint density at radius 3 is 2.63 bits per heavy atom. The molecule has 0 atom stereocenters. The van der Waals surface area contributed by atoms with Crippen molar-refractivity contribution in [1.29, 1.82) is 0 Å². The molecule has 0 saturated carbocycles. The minimum Gasteiger partial charge on any atom is -0.481 e. The molecule has 0 bridgehead atoms. The standard InChI is InChI=1S/C14H19F2NO2/c1-2-3-4-8-17(9-7-14(18)19)13-10-11(15)5-6-12(13)16/h5-6,10H,2-4,7-9H2,1H3,(H,18,19). The first-order valence-electron chi connectivity index (χ1n) is 6.46. The molecule has 5 heteroatoms. The zero-order chi connectivity index (χ0) is 14.3. The van der Waals surface area contributed by atoms with Crippen LogP contribution in [0.4, 0.5) is 14.5 Å². The first-order chi connectivity index (χ1) is 9.04. The summed E-state index contributed by atoms with van der Waals surface area (Å²) in [7, 11) is 0. The van der Waals surface area contributed by atoms with Crippen LogP contribution in [0.1, 0.15) is 32.6 Å². The average Bonchev–Trinajstić information content (AvgIpc) is 2.36. The predicted molar refractivity (Wildman–Crippen MR) is 70.3 cm³/mol. The highest BCUT2D eigenvalue weighted by atomic mass is 19.1. The number of carboxylic acids is 1. The van der Waals surface area contributed by atoms with Crippen LogP contribution in [-0.2, 0) is 4.79 Å². The number of anilines is 1.